The van der Waals surface area contributed by atoms with Crippen molar-refractivity contribution >= 4 is 11.3 Å². The van der Waals surface area contributed by atoms with E-state index in [4.69, 9.17) is 0 Å². The molecule has 1 aliphatic heterocycles. The second-order valence-electron chi connectivity index (χ2n) is 4.06. The van der Waals surface area contributed by atoms with Gasteiger partial charge in [-0.3, -0.25) is 0 Å². The summed E-state index contributed by atoms with van der Waals surface area (Å²) in [4.78, 5) is 4.71. The smallest absolute Gasteiger partial charge is 0.113 e. The Hall–Kier alpha value is -0.380. The first-order valence-corrected chi connectivity index (χ1v) is 5.97. The molecule has 0 bridgehead atoms. The zero-order valence-electron chi connectivity index (χ0n) is 8.79. The van der Waals surface area contributed by atoms with Gasteiger partial charge in [0, 0.05) is 22.8 Å². The van der Waals surface area contributed by atoms with Crippen molar-refractivity contribution in [1.82, 2.24) is 4.90 Å². The van der Waals surface area contributed by atoms with E-state index in [2.05, 4.69) is 30.9 Å². The van der Waals surface area contributed by atoms with Gasteiger partial charge in [-0.05, 0) is 32.0 Å². The topological polar surface area (TPSA) is 23.5 Å². The van der Waals surface area contributed by atoms with Gasteiger partial charge in [0.25, 0.3) is 0 Å². The fourth-order valence-electron chi connectivity index (χ4n) is 2.03. The van der Waals surface area contributed by atoms with Gasteiger partial charge in [0.15, 0.2) is 0 Å². The summed E-state index contributed by atoms with van der Waals surface area (Å²) in [5.41, 5.74) is -0.574. The Morgan fingerprint density at radius 3 is 2.86 bits per heavy atom. The summed E-state index contributed by atoms with van der Waals surface area (Å²) in [5.74, 6) is 0. The zero-order chi connectivity index (χ0) is 10.2. The van der Waals surface area contributed by atoms with Gasteiger partial charge in [-0.25, -0.2) is 0 Å². The standard InChI is InChI=1S/C11H17NOS/c1-3-12-7-6-11(13,8-12)10-5-4-9(2)14-10/h4-5,13H,3,6-8H2,1-2H3. The van der Waals surface area contributed by atoms with E-state index in [1.165, 1.54) is 4.88 Å². The third-order valence-corrected chi connectivity index (χ3v) is 4.17. The van der Waals surface area contributed by atoms with Gasteiger partial charge < -0.3 is 10.0 Å². The lowest BCUT2D eigenvalue weighted by Gasteiger charge is -2.21. The summed E-state index contributed by atoms with van der Waals surface area (Å²) in [6.45, 7) is 7.08. The average molecular weight is 211 g/mol. The van der Waals surface area contributed by atoms with E-state index in [-0.39, 0.29) is 0 Å². The molecule has 1 saturated heterocycles. The first-order valence-electron chi connectivity index (χ1n) is 5.16. The molecule has 1 N–H and O–H groups in total. The predicted octanol–water partition coefficient (Wildman–Crippen LogP) is 1.97. The van der Waals surface area contributed by atoms with Crippen LogP contribution < -0.4 is 0 Å². The Labute approximate surface area is 89.2 Å². The van der Waals surface area contributed by atoms with Crippen LogP contribution in [0.15, 0.2) is 12.1 Å². The molecule has 1 aliphatic rings. The van der Waals surface area contributed by atoms with Crippen LogP contribution in [0.5, 0.6) is 0 Å². The molecule has 1 aromatic rings. The third-order valence-electron chi connectivity index (χ3n) is 2.97. The lowest BCUT2D eigenvalue weighted by molar-refractivity contribution is 0.0504. The highest BCUT2D eigenvalue weighted by Gasteiger charge is 2.37. The minimum atomic E-state index is -0.574. The highest BCUT2D eigenvalue weighted by Crippen LogP contribution is 2.35. The highest BCUT2D eigenvalue weighted by atomic mass is 32.1. The molecule has 0 aromatic carbocycles. The van der Waals surface area contributed by atoms with Gasteiger partial charge in [-0.2, -0.15) is 0 Å². The van der Waals surface area contributed by atoms with Crippen molar-refractivity contribution in [2.75, 3.05) is 19.6 Å². The third kappa shape index (κ3) is 1.72. The van der Waals surface area contributed by atoms with Crippen LogP contribution in [0.3, 0.4) is 0 Å². The molecule has 14 heavy (non-hydrogen) atoms. The number of hydrogen-bond acceptors (Lipinski definition) is 3. The number of nitrogens with zero attached hydrogens (tertiary/aromatic N) is 1. The van der Waals surface area contributed by atoms with Crippen molar-refractivity contribution < 1.29 is 5.11 Å². The number of rotatable bonds is 2. The number of likely N-dealkylation sites (tertiary alicyclic amines) is 1. The first-order chi connectivity index (χ1) is 6.64. The van der Waals surface area contributed by atoms with Gasteiger partial charge in [0.05, 0.1) is 0 Å². The van der Waals surface area contributed by atoms with Crippen LogP contribution in [-0.4, -0.2) is 29.6 Å². The summed E-state index contributed by atoms with van der Waals surface area (Å²) in [6, 6.07) is 4.16. The molecule has 2 heterocycles. The molecule has 0 radical (unpaired) electrons. The summed E-state index contributed by atoms with van der Waals surface area (Å²) in [6.07, 6.45) is 0.876. The minimum Gasteiger partial charge on any atom is -0.383 e. The Bertz CT molecular complexity index is 323. The average Bonchev–Trinajstić information content (AvgIpc) is 2.73. The van der Waals surface area contributed by atoms with E-state index in [0.717, 1.165) is 30.9 Å². The summed E-state index contributed by atoms with van der Waals surface area (Å²) < 4.78 is 0. The van der Waals surface area contributed by atoms with E-state index in [0.29, 0.717) is 0 Å². The second kappa shape index (κ2) is 3.65. The normalized spacial score (nSPS) is 28.5. The largest absolute Gasteiger partial charge is 0.383 e. The van der Waals surface area contributed by atoms with Gasteiger partial charge in [-0.1, -0.05) is 6.92 Å². The minimum absolute atomic E-state index is 0.574. The molecule has 0 saturated carbocycles. The van der Waals surface area contributed by atoms with Crippen molar-refractivity contribution in [2.24, 2.45) is 0 Å². The Balaban J connectivity index is 2.18. The van der Waals surface area contributed by atoms with Crippen molar-refractivity contribution in [3.05, 3.63) is 21.9 Å². The maximum atomic E-state index is 10.4. The lowest BCUT2D eigenvalue weighted by Crippen LogP contribution is -2.29. The van der Waals surface area contributed by atoms with Gasteiger partial charge >= 0.3 is 0 Å². The Morgan fingerprint density at radius 2 is 2.36 bits per heavy atom. The summed E-state index contributed by atoms with van der Waals surface area (Å²) in [5, 5.41) is 10.4. The maximum Gasteiger partial charge on any atom is 0.113 e. The van der Waals surface area contributed by atoms with E-state index in [9.17, 15) is 5.11 Å². The number of hydrogen-bond donors (Lipinski definition) is 1. The molecule has 0 aliphatic carbocycles. The predicted molar refractivity (Wildman–Crippen MR) is 59.7 cm³/mol. The van der Waals surface area contributed by atoms with E-state index < -0.39 is 5.60 Å². The first kappa shape index (κ1) is 10.1. The molecular weight excluding hydrogens is 194 g/mol. The van der Waals surface area contributed by atoms with Crippen LogP contribution >= 0.6 is 11.3 Å². The van der Waals surface area contributed by atoms with Crippen LogP contribution in [-0.2, 0) is 5.60 Å². The van der Waals surface area contributed by atoms with Crippen LogP contribution in [0.2, 0.25) is 0 Å². The van der Waals surface area contributed by atoms with Crippen molar-refractivity contribution in [3.63, 3.8) is 0 Å². The van der Waals surface area contributed by atoms with E-state index >= 15 is 0 Å². The van der Waals surface area contributed by atoms with Crippen LogP contribution in [0.25, 0.3) is 0 Å². The molecule has 1 atom stereocenters. The number of thiophene rings is 1. The monoisotopic (exact) mass is 211 g/mol. The SMILES string of the molecule is CCN1CCC(O)(c2ccc(C)s2)C1. The highest BCUT2D eigenvalue weighted by molar-refractivity contribution is 7.12. The van der Waals surface area contributed by atoms with Crippen molar-refractivity contribution in [2.45, 2.75) is 25.9 Å². The molecule has 0 amide bonds. The maximum absolute atomic E-state index is 10.4. The summed E-state index contributed by atoms with van der Waals surface area (Å²) >= 11 is 1.72. The molecule has 1 aromatic heterocycles. The quantitative estimate of drug-likeness (QED) is 0.808. The van der Waals surface area contributed by atoms with E-state index in [1.807, 2.05) is 0 Å². The molecule has 1 fully saturated rings. The Kier molecular flexibility index (Phi) is 2.64. The lowest BCUT2D eigenvalue weighted by atomic mass is 10.0. The van der Waals surface area contributed by atoms with Crippen molar-refractivity contribution in [1.29, 1.82) is 0 Å². The van der Waals surface area contributed by atoms with Gasteiger partial charge in [0.2, 0.25) is 0 Å². The molecule has 78 valence electrons. The summed E-state index contributed by atoms with van der Waals surface area (Å²) in [7, 11) is 0. The van der Waals surface area contributed by atoms with E-state index in [1.54, 1.807) is 11.3 Å². The van der Waals surface area contributed by atoms with Crippen LogP contribution in [0, 0.1) is 6.92 Å². The molecule has 3 heteroatoms. The molecule has 1 unspecified atom stereocenters. The van der Waals surface area contributed by atoms with Crippen LogP contribution in [0.1, 0.15) is 23.1 Å². The molecule has 0 spiro atoms. The van der Waals surface area contributed by atoms with Crippen molar-refractivity contribution in [3.8, 4) is 0 Å². The fraction of sp³-hybridized carbons (Fsp3) is 0.636. The number of likely N-dealkylation sites (N-methyl/N-ethyl adjacent to an activating group) is 1. The number of aliphatic hydroxyl groups is 1. The fourth-order valence-corrected chi connectivity index (χ4v) is 3.00. The molecule has 2 rings (SSSR count). The van der Waals surface area contributed by atoms with Gasteiger partial charge in [0.1, 0.15) is 5.60 Å². The Morgan fingerprint density at radius 1 is 1.57 bits per heavy atom. The number of aryl methyl sites for hydroxylation is 1. The molecule has 2 nitrogen and oxygen atoms in total. The number of β-amino-alcohol motifs (C(OH)–C–C–N with tert-alkyl or cyclic N) is 1. The zero-order valence-corrected chi connectivity index (χ0v) is 9.60. The van der Waals surface area contributed by atoms with Crippen LogP contribution in [0.4, 0.5) is 0 Å². The second-order valence-corrected chi connectivity index (χ2v) is 5.35. The molecular formula is C11H17NOS. The van der Waals surface area contributed by atoms with Gasteiger partial charge in [-0.15, -0.1) is 11.3 Å².